The zero-order valence-corrected chi connectivity index (χ0v) is 20.5. The standard InChI is InChI=1S/C24H30N6O7/c1-34-5-6-35-7-8-36-21-12-16(24(27)31)11-19(30(32)33)23(21)28-4-2-3-17-14-37-20-10-15(13-25)9-18(26)22(20)29-17/h9-12,17,28-29H,2-8,14,26H2,1H3,(H2,27,31)/t17-/m0/s1. The summed E-state index contributed by atoms with van der Waals surface area (Å²) >= 11 is 0. The number of hydrogen-bond acceptors (Lipinski definition) is 11. The molecule has 2 aromatic rings. The predicted molar refractivity (Wildman–Crippen MR) is 136 cm³/mol. The highest BCUT2D eigenvalue weighted by Crippen LogP contribution is 2.37. The molecule has 0 fully saturated rings. The number of anilines is 3. The van der Waals surface area contributed by atoms with Crippen LogP contribution in [-0.2, 0) is 9.47 Å². The van der Waals surface area contributed by atoms with Crippen LogP contribution in [0.25, 0.3) is 0 Å². The van der Waals surface area contributed by atoms with E-state index in [1.807, 2.05) is 6.07 Å². The number of carbonyl (C=O) groups excluding carboxylic acids is 1. The smallest absolute Gasteiger partial charge is 0.296 e. The van der Waals surface area contributed by atoms with E-state index in [-0.39, 0.29) is 41.9 Å². The minimum atomic E-state index is -0.805. The molecular weight excluding hydrogens is 484 g/mol. The summed E-state index contributed by atoms with van der Waals surface area (Å²) in [6.07, 6.45) is 1.30. The van der Waals surface area contributed by atoms with Gasteiger partial charge in [-0.3, -0.25) is 14.9 Å². The number of nitrogens with two attached hydrogens (primary N) is 2. The van der Waals surface area contributed by atoms with Crippen LogP contribution in [0, 0.1) is 21.4 Å². The van der Waals surface area contributed by atoms with Crippen LogP contribution in [0.1, 0.15) is 28.8 Å². The van der Waals surface area contributed by atoms with Crippen molar-refractivity contribution in [3.63, 3.8) is 0 Å². The van der Waals surface area contributed by atoms with Gasteiger partial charge in [-0.15, -0.1) is 0 Å². The Morgan fingerprint density at radius 3 is 2.78 bits per heavy atom. The van der Waals surface area contributed by atoms with Crippen molar-refractivity contribution in [1.82, 2.24) is 0 Å². The number of rotatable bonds is 14. The molecule has 198 valence electrons. The van der Waals surface area contributed by atoms with Crippen LogP contribution in [0.5, 0.6) is 11.5 Å². The molecule has 13 nitrogen and oxygen atoms in total. The van der Waals surface area contributed by atoms with Crippen molar-refractivity contribution in [3.8, 4) is 17.6 Å². The molecule has 0 radical (unpaired) electrons. The van der Waals surface area contributed by atoms with Crippen LogP contribution in [0.3, 0.4) is 0 Å². The highest BCUT2D eigenvalue weighted by molar-refractivity contribution is 5.95. The number of carbonyl (C=O) groups is 1. The molecule has 0 saturated heterocycles. The minimum Gasteiger partial charge on any atom is -0.489 e. The first kappa shape index (κ1) is 27.3. The molecule has 0 spiro atoms. The lowest BCUT2D eigenvalue weighted by molar-refractivity contribution is -0.384. The molecular formula is C24H30N6O7. The van der Waals surface area contributed by atoms with Gasteiger partial charge in [0.15, 0.2) is 5.69 Å². The van der Waals surface area contributed by atoms with Crippen LogP contribution in [0.4, 0.5) is 22.7 Å². The van der Waals surface area contributed by atoms with E-state index in [2.05, 4.69) is 10.6 Å². The van der Waals surface area contributed by atoms with Gasteiger partial charge in [0.05, 0.1) is 48.1 Å². The number of nitriles is 1. The largest absolute Gasteiger partial charge is 0.489 e. The number of amides is 1. The van der Waals surface area contributed by atoms with Crippen molar-refractivity contribution in [3.05, 3.63) is 45.5 Å². The lowest BCUT2D eigenvalue weighted by Crippen LogP contribution is -2.32. The first-order valence-electron chi connectivity index (χ1n) is 11.6. The molecule has 1 amide bonds. The number of benzene rings is 2. The van der Waals surface area contributed by atoms with Crippen LogP contribution >= 0.6 is 0 Å². The number of hydrogen-bond donors (Lipinski definition) is 4. The Morgan fingerprint density at radius 2 is 2.08 bits per heavy atom. The van der Waals surface area contributed by atoms with Crippen molar-refractivity contribution >= 4 is 28.7 Å². The summed E-state index contributed by atoms with van der Waals surface area (Å²) in [5, 5.41) is 27.2. The van der Waals surface area contributed by atoms with E-state index >= 15 is 0 Å². The maximum absolute atomic E-state index is 11.7. The summed E-state index contributed by atoms with van der Waals surface area (Å²) in [6.45, 7) is 1.90. The summed E-state index contributed by atoms with van der Waals surface area (Å²) in [5.41, 5.74) is 12.7. The number of ether oxygens (including phenoxy) is 4. The predicted octanol–water partition coefficient (Wildman–Crippen LogP) is 2.25. The molecule has 1 atom stereocenters. The second-order valence-corrected chi connectivity index (χ2v) is 8.22. The first-order valence-corrected chi connectivity index (χ1v) is 11.6. The van der Waals surface area contributed by atoms with Crippen molar-refractivity contribution < 1.29 is 28.7 Å². The Labute approximate surface area is 213 Å². The molecule has 0 unspecified atom stereocenters. The maximum atomic E-state index is 11.7. The van der Waals surface area contributed by atoms with Gasteiger partial charge >= 0.3 is 0 Å². The van der Waals surface area contributed by atoms with Crippen molar-refractivity contribution in [2.45, 2.75) is 18.9 Å². The average Bonchev–Trinajstić information content (AvgIpc) is 2.88. The van der Waals surface area contributed by atoms with Gasteiger partial charge in [-0.1, -0.05) is 0 Å². The monoisotopic (exact) mass is 514 g/mol. The second kappa shape index (κ2) is 13.1. The molecule has 2 aromatic carbocycles. The number of primary amides is 1. The number of methoxy groups -OCH3 is 1. The number of fused-ring (bicyclic) bond motifs is 1. The van der Waals surface area contributed by atoms with Gasteiger partial charge in [-0.05, 0) is 25.0 Å². The molecule has 0 aliphatic carbocycles. The summed E-state index contributed by atoms with van der Waals surface area (Å²) in [6, 6.07) is 7.71. The molecule has 1 heterocycles. The summed E-state index contributed by atoms with van der Waals surface area (Å²) in [7, 11) is 1.56. The Kier molecular flexibility index (Phi) is 9.70. The Hall–Kier alpha value is -4.28. The van der Waals surface area contributed by atoms with Gasteiger partial charge in [0.25, 0.3) is 5.69 Å². The van der Waals surface area contributed by atoms with Crippen LogP contribution in [-0.4, -0.2) is 63.6 Å². The fourth-order valence-electron chi connectivity index (χ4n) is 3.76. The fourth-order valence-corrected chi connectivity index (χ4v) is 3.76. The average molecular weight is 515 g/mol. The van der Waals surface area contributed by atoms with Crippen molar-refractivity contribution in [2.24, 2.45) is 5.73 Å². The van der Waals surface area contributed by atoms with Gasteiger partial charge in [0.2, 0.25) is 5.91 Å². The van der Waals surface area contributed by atoms with Gasteiger partial charge < -0.3 is 41.0 Å². The molecule has 3 rings (SSSR count). The molecule has 37 heavy (non-hydrogen) atoms. The third-order valence-electron chi connectivity index (χ3n) is 5.56. The molecule has 1 aliphatic rings. The van der Waals surface area contributed by atoms with E-state index in [1.165, 1.54) is 6.07 Å². The molecule has 0 bridgehead atoms. The van der Waals surface area contributed by atoms with E-state index in [9.17, 15) is 14.9 Å². The van der Waals surface area contributed by atoms with Crippen molar-refractivity contribution in [2.75, 3.05) is 63.1 Å². The van der Waals surface area contributed by atoms with Gasteiger partial charge in [-0.25, -0.2) is 0 Å². The van der Waals surface area contributed by atoms with E-state index in [0.29, 0.717) is 61.9 Å². The highest BCUT2D eigenvalue weighted by Gasteiger charge is 2.24. The molecule has 13 heteroatoms. The lowest BCUT2D eigenvalue weighted by atomic mass is 10.1. The molecule has 1 aliphatic heterocycles. The topological polar surface area (TPSA) is 197 Å². The Balaban J connectivity index is 1.63. The van der Waals surface area contributed by atoms with E-state index in [0.717, 1.165) is 6.07 Å². The van der Waals surface area contributed by atoms with Crippen LogP contribution < -0.4 is 31.6 Å². The SMILES string of the molecule is COCCOCCOc1cc(C(N)=O)cc([N+](=O)[O-])c1NCCC[C@H]1COc2cc(C#N)cc(N)c2N1. The van der Waals surface area contributed by atoms with E-state index < -0.39 is 10.8 Å². The van der Waals surface area contributed by atoms with E-state index in [1.54, 1.807) is 19.2 Å². The molecule has 0 aromatic heterocycles. The molecule has 6 N–H and O–H groups in total. The van der Waals surface area contributed by atoms with Crippen LogP contribution in [0.2, 0.25) is 0 Å². The second-order valence-electron chi connectivity index (χ2n) is 8.22. The third kappa shape index (κ3) is 7.35. The third-order valence-corrected chi connectivity index (χ3v) is 5.56. The Bertz CT molecular complexity index is 1170. The van der Waals surface area contributed by atoms with Gasteiger partial charge in [0, 0.05) is 31.4 Å². The van der Waals surface area contributed by atoms with Crippen molar-refractivity contribution in [1.29, 1.82) is 5.26 Å². The molecule has 0 saturated carbocycles. The number of nitro groups is 1. The highest BCUT2D eigenvalue weighted by atomic mass is 16.6. The normalized spacial score (nSPS) is 14.0. The zero-order valence-electron chi connectivity index (χ0n) is 20.5. The fraction of sp³-hybridized carbons (Fsp3) is 0.417. The quantitative estimate of drug-likeness (QED) is 0.125. The number of nitrogens with one attached hydrogen (secondary N) is 2. The van der Waals surface area contributed by atoms with Gasteiger partial charge in [0.1, 0.15) is 30.4 Å². The maximum Gasteiger partial charge on any atom is 0.296 e. The Morgan fingerprint density at radius 1 is 1.30 bits per heavy atom. The summed E-state index contributed by atoms with van der Waals surface area (Å²) in [4.78, 5) is 22.8. The first-order chi connectivity index (χ1) is 17.8. The lowest BCUT2D eigenvalue weighted by Gasteiger charge is -2.28. The minimum absolute atomic E-state index is 0.0353. The van der Waals surface area contributed by atoms with Crippen LogP contribution in [0.15, 0.2) is 24.3 Å². The van der Waals surface area contributed by atoms with Gasteiger partial charge in [-0.2, -0.15) is 5.26 Å². The summed E-state index contributed by atoms with van der Waals surface area (Å²) < 4.78 is 21.8. The number of nitro benzene ring substituents is 1. The number of nitrogen functional groups attached to an aromatic ring is 1. The summed E-state index contributed by atoms with van der Waals surface area (Å²) in [5.74, 6) is -0.141. The number of nitrogens with zero attached hydrogens (tertiary/aromatic N) is 2. The van der Waals surface area contributed by atoms with E-state index in [4.69, 9.17) is 35.7 Å². The zero-order chi connectivity index (χ0) is 26.8.